The van der Waals surface area contributed by atoms with Gasteiger partial charge >= 0.3 is 0 Å². The molecule has 7 heteroatoms. The molecule has 1 unspecified atom stereocenters. The molecule has 1 aromatic heterocycles. The molecule has 4 rings (SSSR count). The lowest BCUT2D eigenvalue weighted by atomic mass is 10.00. The van der Waals surface area contributed by atoms with E-state index in [1.807, 2.05) is 29.2 Å². The number of likely N-dealkylation sites (tertiary alicyclic amines) is 1. The van der Waals surface area contributed by atoms with Crippen LogP contribution in [0.25, 0.3) is 0 Å². The number of amides is 2. The van der Waals surface area contributed by atoms with Crippen molar-refractivity contribution in [2.24, 2.45) is 0 Å². The first-order valence-corrected chi connectivity index (χ1v) is 10.6. The van der Waals surface area contributed by atoms with E-state index in [4.69, 9.17) is 16.0 Å². The van der Waals surface area contributed by atoms with Crippen molar-refractivity contribution in [3.8, 4) is 0 Å². The van der Waals surface area contributed by atoms with Crippen LogP contribution in [0.15, 0.2) is 47.1 Å². The molecule has 0 radical (unpaired) electrons. The van der Waals surface area contributed by atoms with E-state index in [1.165, 1.54) is 11.8 Å². The van der Waals surface area contributed by atoms with E-state index in [0.29, 0.717) is 25.4 Å². The fourth-order valence-corrected chi connectivity index (χ4v) is 4.28. The fraction of sp³-hybridized carbons (Fsp3) is 0.455. The van der Waals surface area contributed by atoms with Crippen molar-refractivity contribution in [1.29, 1.82) is 0 Å². The van der Waals surface area contributed by atoms with Gasteiger partial charge in [0.25, 0.3) is 5.91 Å². The van der Waals surface area contributed by atoms with Crippen molar-refractivity contribution >= 4 is 23.4 Å². The molecule has 1 aromatic carbocycles. The molecule has 2 aliphatic heterocycles. The van der Waals surface area contributed by atoms with E-state index in [-0.39, 0.29) is 17.9 Å². The Hall–Kier alpha value is -2.31. The largest absolute Gasteiger partial charge is 0.459 e. The first-order chi connectivity index (χ1) is 14.1. The van der Waals surface area contributed by atoms with Crippen LogP contribution in [0.1, 0.15) is 35.4 Å². The molecular formula is C22H26ClN3O3. The maximum atomic E-state index is 13.2. The number of nitrogens with zero attached hydrogens (tertiary/aromatic N) is 3. The number of rotatable bonds is 4. The number of carbonyl (C=O) groups is 2. The highest BCUT2D eigenvalue weighted by Crippen LogP contribution is 2.23. The average Bonchev–Trinajstić information content (AvgIpc) is 3.30. The SMILES string of the molecule is O=C(C1CCCCN1C(=O)c1ccco1)N1CCN(Cc2ccc(Cl)cc2)CC1. The van der Waals surface area contributed by atoms with E-state index < -0.39 is 0 Å². The molecule has 0 N–H and O–H groups in total. The maximum Gasteiger partial charge on any atom is 0.290 e. The van der Waals surface area contributed by atoms with Gasteiger partial charge in [0.1, 0.15) is 6.04 Å². The average molecular weight is 416 g/mol. The molecule has 0 spiro atoms. The van der Waals surface area contributed by atoms with E-state index in [0.717, 1.165) is 43.9 Å². The highest BCUT2D eigenvalue weighted by molar-refractivity contribution is 6.30. The Morgan fingerprint density at radius 3 is 2.45 bits per heavy atom. The monoisotopic (exact) mass is 415 g/mol. The first kappa shape index (κ1) is 20.0. The lowest BCUT2D eigenvalue weighted by Crippen LogP contribution is -2.57. The second kappa shape index (κ2) is 9.01. The van der Waals surface area contributed by atoms with Crippen molar-refractivity contribution in [2.75, 3.05) is 32.7 Å². The molecule has 154 valence electrons. The minimum atomic E-state index is -0.385. The maximum absolute atomic E-state index is 13.2. The molecule has 2 saturated heterocycles. The minimum absolute atomic E-state index is 0.0655. The smallest absolute Gasteiger partial charge is 0.290 e. The summed E-state index contributed by atoms with van der Waals surface area (Å²) in [5.74, 6) is 0.183. The molecule has 2 amide bonds. The Morgan fingerprint density at radius 2 is 1.76 bits per heavy atom. The Labute approximate surface area is 176 Å². The summed E-state index contributed by atoms with van der Waals surface area (Å²) < 4.78 is 5.27. The first-order valence-electron chi connectivity index (χ1n) is 10.2. The number of hydrogen-bond donors (Lipinski definition) is 0. The van der Waals surface area contributed by atoms with Crippen LogP contribution >= 0.6 is 11.6 Å². The van der Waals surface area contributed by atoms with Crippen LogP contribution in [0.2, 0.25) is 5.02 Å². The van der Waals surface area contributed by atoms with E-state index in [1.54, 1.807) is 17.0 Å². The summed E-state index contributed by atoms with van der Waals surface area (Å²) in [5, 5.41) is 0.741. The Kier molecular flexibility index (Phi) is 6.21. The lowest BCUT2D eigenvalue weighted by Gasteiger charge is -2.40. The van der Waals surface area contributed by atoms with Crippen molar-refractivity contribution in [1.82, 2.24) is 14.7 Å². The number of benzene rings is 1. The van der Waals surface area contributed by atoms with Crippen LogP contribution in [0, 0.1) is 0 Å². The molecule has 2 aromatic rings. The van der Waals surface area contributed by atoms with Gasteiger partial charge in [0.05, 0.1) is 6.26 Å². The minimum Gasteiger partial charge on any atom is -0.459 e. The van der Waals surface area contributed by atoms with Crippen LogP contribution in [-0.2, 0) is 11.3 Å². The van der Waals surface area contributed by atoms with Crippen molar-refractivity contribution in [3.05, 3.63) is 59.0 Å². The van der Waals surface area contributed by atoms with Crippen LogP contribution in [0.5, 0.6) is 0 Å². The summed E-state index contributed by atoms with van der Waals surface area (Å²) in [7, 11) is 0. The van der Waals surface area contributed by atoms with Gasteiger partial charge in [-0.05, 0) is 49.1 Å². The molecule has 0 saturated carbocycles. The van der Waals surface area contributed by atoms with E-state index in [2.05, 4.69) is 4.90 Å². The predicted molar refractivity (Wildman–Crippen MR) is 111 cm³/mol. The zero-order chi connectivity index (χ0) is 20.2. The molecule has 3 heterocycles. The fourth-order valence-electron chi connectivity index (χ4n) is 4.16. The molecular weight excluding hydrogens is 390 g/mol. The number of piperidine rings is 1. The molecule has 2 aliphatic rings. The second-order valence-electron chi connectivity index (χ2n) is 7.72. The zero-order valence-electron chi connectivity index (χ0n) is 16.4. The number of piperazine rings is 1. The van der Waals surface area contributed by atoms with Gasteiger partial charge < -0.3 is 14.2 Å². The number of hydrogen-bond acceptors (Lipinski definition) is 4. The predicted octanol–water partition coefficient (Wildman–Crippen LogP) is 3.27. The molecule has 2 fully saturated rings. The molecule has 6 nitrogen and oxygen atoms in total. The van der Waals surface area contributed by atoms with Gasteiger partial charge in [-0.3, -0.25) is 14.5 Å². The van der Waals surface area contributed by atoms with Gasteiger partial charge in [0, 0.05) is 44.3 Å². The summed E-state index contributed by atoms with van der Waals surface area (Å²) in [6, 6.07) is 10.9. The molecule has 1 atom stereocenters. The van der Waals surface area contributed by atoms with Gasteiger partial charge in [-0.1, -0.05) is 23.7 Å². The summed E-state index contributed by atoms with van der Waals surface area (Å²) in [5.41, 5.74) is 1.22. The highest BCUT2D eigenvalue weighted by Gasteiger charge is 2.36. The Balaban J connectivity index is 1.35. The molecule has 0 bridgehead atoms. The van der Waals surface area contributed by atoms with Gasteiger partial charge in [-0.2, -0.15) is 0 Å². The summed E-state index contributed by atoms with van der Waals surface area (Å²) in [4.78, 5) is 31.9. The molecule has 29 heavy (non-hydrogen) atoms. The number of halogens is 1. The Morgan fingerprint density at radius 1 is 1.00 bits per heavy atom. The third-order valence-electron chi connectivity index (χ3n) is 5.78. The topological polar surface area (TPSA) is 57.0 Å². The summed E-state index contributed by atoms with van der Waals surface area (Å²) in [6.07, 6.45) is 4.10. The van der Waals surface area contributed by atoms with Gasteiger partial charge in [0.15, 0.2) is 5.76 Å². The van der Waals surface area contributed by atoms with Crippen LogP contribution in [0.4, 0.5) is 0 Å². The third kappa shape index (κ3) is 4.65. The van der Waals surface area contributed by atoms with Crippen LogP contribution in [0.3, 0.4) is 0 Å². The standard InChI is InChI=1S/C22H26ClN3O3/c23-18-8-6-17(7-9-18)16-24-11-13-25(14-12-24)21(27)19-4-1-2-10-26(19)22(28)20-5-3-15-29-20/h3,5-9,15,19H,1-2,4,10-14,16H2. The van der Waals surface area contributed by atoms with Crippen molar-refractivity contribution in [2.45, 2.75) is 31.8 Å². The number of carbonyl (C=O) groups excluding carboxylic acids is 2. The Bertz CT molecular complexity index is 829. The van der Waals surface area contributed by atoms with Crippen LogP contribution < -0.4 is 0 Å². The van der Waals surface area contributed by atoms with E-state index >= 15 is 0 Å². The lowest BCUT2D eigenvalue weighted by molar-refractivity contribution is -0.139. The van der Waals surface area contributed by atoms with Gasteiger partial charge in [0.2, 0.25) is 5.91 Å². The highest BCUT2D eigenvalue weighted by atomic mass is 35.5. The second-order valence-corrected chi connectivity index (χ2v) is 8.15. The van der Waals surface area contributed by atoms with Crippen molar-refractivity contribution in [3.63, 3.8) is 0 Å². The van der Waals surface area contributed by atoms with Crippen LogP contribution in [-0.4, -0.2) is 65.3 Å². The van der Waals surface area contributed by atoms with E-state index in [9.17, 15) is 9.59 Å². The third-order valence-corrected chi connectivity index (χ3v) is 6.04. The summed E-state index contributed by atoms with van der Waals surface area (Å²) in [6.45, 7) is 4.48. The zero-order valence-corrected chi connectivity index (χ0v) is 17.2. The van der Waals surface area contributed by atoms with Crippen molar-refractivity contribution < 1.29 is 14.0 Å². The normalized spacial score (nSPS) is 20.7. The number of furan rings is 1. The van der Waals surface area contributed by atoms with Gasteiger partial charge in [-0.25, -0.2) is 0 Å². The molecule has 0 aliphatic carbocycles. The summed E-state index contributed by atoms with van der Waals surface area (Å²) >= 11 is 5.96. The van der Waals surface area contributed by atoms with Gasteiger partial charge in [-0.15, -0.1) is 0 Å². The quantitative estimate of drug-likeness (QED) is 0.769.